The summed E-state index contributed by atoms with van der Waals surface area (Å²) in [5, 5.41) is 9.86. The van der Waals surface area contributed by atoms with E-state index in [9.17, 15) is 19.5 Å². The van der Waals surface area contributed by atoms with Crippen molar-refractivity contribution in [3.05, 3.63) is 136 Å². The van der Waals surface area contributed by atoms with Crippen LogP contribution in [-0.2, 0) is 32.5 Å². The Balaban J connectivity index is 1.32. The molecule has 54 heavy (non-hydrogen) atoms. The summed E-state index contributed by atoms with van der Waals surface area (Å²) < 4.78 is 7.85. The van der Waals surface area contributed by atoms with Gasteiger partial charge in [0.05, 0.1) is 5.56 Å². The molecule has 1 atom stereocenters. The van der Waals surface area contributed by atoms with Crippen LogP contribution >= 0.6 is 0 Å². The van der Waals surface area contributed by atoms with Gasteiger partial charge in [0.25, 0.3) is 11.8 Å². The molecule has 0 fully saturated rings. The number of carbonyl (C=O) groups is 3. The summed E-state index contributed by atoms with van der Waals surface area (Å²) in [7, 11) is 5.76. The molecule has 0 saturated carbocycles. The lowest BCUT2D eigenvalue weighted by Gasteiger charge is -2.36. The van der Waals surface area contributed by atoms with E-state index in [1.807, 2.05) is 68.4 Å². The summed E-state index contributed by atoms with van der Waals surface area (Å²) in [6.07, 6.45) is 0.905. The van der Waals surface area contributed by atoms with Crippen molar-refractivity contribution in [2.24, 2.45) is 0 Å². The summed E-state index contributed by atoms with van der Waals surface area (Å²) in [5.41, 5.74) is 8.41. The van der Waals surface area contributed by atoms with E-state index in [-0.39, 0.29) is 23.6 Å². The summed E-state index contributed by atoms with van der Waals surface area (Å²) in [5.74, 6) is 0.322. The molecule has 0 spiro atoms. The molecule has 10 nitrogen and oxygen atoms in total. The van der Waals surface area contributed by atoms with Gasteiger partial charge in [-0.2, -0.15) is 0 Å². The zero-order valence-electron chi connectivity index (χ0n) is 31.6. The van der Waals surface area contributed by atoms with Crippen molar-refractivity contribution in [1.29, 1.82) is 0 Å². The van der Waals surface area contributed by atoms with Gasteiger partial charge < -0.3 is 34.0 Å². The standard InChI is InChI=1S/C44H47N5O5/c1-29-23-31-11-9-10-12-33(31)28-49(29)43(52)40-25-34-27-47(44(53)54-37-13-7-6-8-14-37)20-19-32(34)24-39(40)41-26-38(30(2)48(41)22-21-45(3)4)42(51)46(5)35-15-17-36(50)18-16-35/h6-18,24-26,29,50H,19-23,27-28H2,1-5H3/t29-/m1/s1. The van der Waals surface area contributed by atoms with Crippen LogP contribution in [0.2, 0.25) is 0 Å². The van der Waals surface area contributed by atoms with E-state index >= 15 is 0 Å². The van der Waals surface area contributed by atoms with Gasteiger partial charge in [0, 0.05) is 74.0 Å². The highest BCUT2D eigenvalue weighted by molar-refractivity contribution is 6.08. The Bertz CT molecular complexity index is 2190. The van der Waals surface area contributed by atoms with Crippen molar-refractivity contribution in [2.45, 2.75) is 52.4 Å². The van der Waals surface area contributed by atoms with E-state index in [1.165, 1.54) is 5.56 Å². The number of amides is 3. The highest BCUT2D eigenvalue weighted by atomic mass is 16.6. The van der Waals surface area contributed by atoms with E-state index in [0.717, 1.165) is 46.6 Å². The van der Waals surface area contributed by atoms with Crippen molar-refractivity contribution in [3.8, 4) is 22.8 Å². The lowest BCUT2D eigenvalue weighted by Crippen LogP contribution is -2.43. The first kappa shape index (κ1) is 36.5. The number of phenols is 1. The van der Waals surface area contributed by atoms with Crippen LogP contribution < -0.4 is 9.64 Å². The number of likely N-dealkylation sites (N-methyl/N-ethyl adjacent to an activating group) is 1. The van der Waals surface area contributed by atoms with Crippen LogP contribution in [0.25, 0.3) is 11.3 Å². The quantitative estimate of drug-likeness (QED) is 0.183. The maximum atomic E-state index is 15.0. The fourth-order valence-electron chi connectivity index (χ4n) is 7.56. The number of para-hydroxylation sites is 1. The van der Waals surface area contributed by atoms with E-state index in [4.69, 9.17) is 4.74 Å². The third kappa shape index (κ3) is 7.34. The number of aromatic hydroxyl groups is 1. The number of phenolic OH excluding ortho intramolecular Hbond substituents is 1. The molecule has 0 saturated heterocycles. The number of fused-ring (bicyclic) bond motifs is 2. The van der Waals surface area contributed by atoms with Crippen molar-refractivity contribution >= 4 is 23.6 Å². The van der Waals surface area contributed by atoms with Crippen LogP contribution in [0, 0.1) is 6.92 Å². The molecule has 4 aromatic carbocycles. The van der Waals surface area contributed by atoms with Gasteiger partial charge in [-0.25, -0.2) is 4.79 Å². The van der Waals surface area contributed by atoms with Crippen LogP contribution in [0.5, 0.6) is 11.5 Å². The van der Waals surface area contributed by atoms with Gasteiger partial charge in [0.1, 0.15) is 11.5 Å². The zero-order valence-corrected chi connectivity index (χ0v) is 31.6. The molecule has 0 aliphatic carbocycles. The Morgan fingerprint density at radius 3 is 2.24 bits per heavy atom. The molecule has 1 aromatic heterocycles. The fraction of sp³-hybridized carbons (Fsp3) is 0.295. The molecule has 278 valence electrons. The van der Waals surface area contributed by atoms with Crippen LogP contribution in [-0.4, -0.2) is 82.6 Å². The predicted octanol–water partition coefficient (Wildman–Crippen LogP) is 7.15. The number of hydrogen-bond donors (Lipinski definition) is 1. The molecule has 0 radical (unpaired) electrons. The summed E-state index contributed by atoms with van der Waals surface area (Å²) in [6, 6.07) is 29.8. The molecular weight excluding hydrogens is 679 g/mol. The first-order valence-electron chi connectivity index (χ1n) is 18.5. The largest absolute Gasteiger partial charge is 0.508 e. The second-order valence-corrected chi connectivity index (χ2v) is 14.6. The summed E-state index contributed by atoms with van der Waals surface area (Å²) in [4.78, 5) is 49.8. The topological polar surface area (TPSA) is 98.6 Å². The Labute approximate surface area is 316 Å². The number of rotatable bonds is 8. The minimum absolute atomic E-state index is 0.0352. The molecular formula is C44H47N5O5. The average molecular weight is 726 g/mol. The number of aromatic nitrogens is 1. The highest BCUT2D eigenvalue weighted by Gasteiger charge is 2.33. The SMILES string of the molecule is Cc1c(C(=O)N(C)c2ccc(O)cc2)cc(-c2cc3c(cc2C(=O)N2Cc4ccccc4C[C@H]2C)CN(C(=O)Oc2ccccc2)CC3)n1CCN(C)C. The zero-order chi connectivity index (χ0) is 38.1. The lowest BCUT2D eigenvalue weighted by atomic mass is 9.90. The van der Waals surface area contributed by atoms with E-state index in [1.54, 1.807) is 53.2 Å². The maximum absolute atomic E-state index is 15.0. The molecule has 10 heteroatoms. The first-order chi connectivity index (χ1) is 26.0. The second-order valence-electron chi connectivity index (χ2n) is 14.6. The minimum Gasteiger partial charge on any atom is -0.508 e. The number of hydrogen-bond acceptors (Lipinski definition) is 6. The second kappa shape index (κ2) is 15.2. The van der Waals surface area contributed by atoms with Crippen LogP contribution in [0.4, 0.5) is 10.5 Å². The van der Waals surface area contributed by atoms with E-state index in [0.29, 0.717) is 55.2 Å². The van der Waals surface area contributed by atoms with Gasteiger partial charge in [0.15, 0.2) is 0 Å². The smallest absolute Gasteiger partial charge is 0.415 e. The molecule has 0 bridgehead atoms. The van der Waals surface area contributed by atoms with Gasteiger partial charge in [-0.3, -0.25) is 9.59 Å². The Kier molecular flexibility index (Phi) is 10.3. The molecule has 0 unspecified atom stereocenters. The van der Waals surface area contributed by atoms with Gasteiger partial charge in [-0.05, 0) is 118 Å². The predicted molar refractivity (Wildman–Crippen MR) is 210 cm³/mol. The third-order valence-electron chi connectivity index (χ3n) is 10.7. The van der Waals surface area contributed by atoms with Gasteiger partial charge >= 0.3 is 6.09 Å². The Morgan fingerprint density at radius 2 is 1.52 bits per heavy atom. The number of carbonyl (C=O) groups excluding carboxylic acids is 3. The van der Waals surface area contributed by atoms with Gasteiger partial charge in [0.2, 0.25) is 0 Å². The van der Waals surface area contributed by atoms with Crippen molar-refractivity contribution < 1.29 is 24.2 Å². The lowest BCUT2D eigenvalue weighted by molar-refractivity contribution is 0.0658. The number of ether oxygens (including phenoxy) is 1. The first-order valence-corrected chi connectivity index (χ1v) is 18.5. The minimum atomic E-state index is -0.431. The third-order valence-corrected chi connectivity index (χ3v) is 10.7. The van der Waals surface area contributed by atoms with E-state index < -0.39 is 6.09 Å². The monoisotopic (exact) mass is 725 g/mol. The van der Waals surface area contributed by atoms with Crippen LogP contribution in [0.15, 0.2) is 97.1 Å². The maximum Gasteiger partial charge on any atom is 0.415 e. The Hall–Kier alpha value is -5.87. The van der Waals surface area contributed by atoms with Crippen molar-refractivity contribution in [1.82, 2.24) is 19.3 Å². The molecule has 7 rings (SSSR count). The fourth-order valence-corrected chi connectivity index (χ4v) is 7.56. The van der Waals surface area contributed by atoms with Gasteiger partial charge in [-0.15, -0.1) is 0 Å². The van der Waals surface area contributed by atoms with E-state index in [2.05, 4.69) is 34.6 Å². The van der Waals surface area contributed by atoms with Crippen LogP contribution in [0.3, 0.4) is 0 Å². The van der Waals surface area contributed by atoms with Gasteiger partial charge in [-0.1, -0.05) is 42.5 Å². The van der Waals surface area contributed by atoms with Crippen molar-refractivity contribution in [3.63, 3.8) is 0 Å². The summed E-state index contributed by atoms with van der Waals surface area (Å²) >= 11 is 0. The molecule has 3 heterocycles. The molecule has 2 aliphatic rings. The molecule has 1 N–H and O–H groups in total. The molecule has 5 aromatic rings. The number of nitrogens with zero attached hydrogens (tertiary/aromatic N) is 5. The normalized spacial score (nSPS) is 15.1. The van der Waals surface area contributed by atoms with Crippen LogP contribution in [0.1, 0.15) is 55.6 Å². The molecule has 2 aliphatic heterocycles. The number of anilines is 1. The molecule has 3 amide bonds. The highest BCUT2D eigenvalue weighted by Crippen LogP contribution is 2.36. The number of benzene rings is 4. The summed E-state index contributed by atoms with van der Waals surface area (Å²) in [6.45, 7) is 6.63. The Morgan fingerprint density at radius 1 is 0.815 bits per heavy atom. The average Bonchev–Trinajstić information content (AvgIpc) is 3.51. The van der Waals surface area contributed by atoms with Crippen molar-refractivity contribution in [2.75, 3.05) is 39.1 Å².